The average molecular weight is 385 g/mol. The average Bonchev–Trinajstić information content (AvgIpc) is 3.29. The van der Waals surface area contributed by atoms with Crippen molar-refractivity contribution in [2.75, 3.05) is 25.6 Å². The molecule has 0 aromatic carbocycles. The van der Waals surface area contributed by atoms with Crippen molar-refractivity contribution in [3.05, 3.63) is 32.9 Å². The molecule has 0 spiro atoms. The fraction of sp³-hybridized carbons (Fsp3) is 0.583. The number of imidazole rings is 1. The number of fused-ring (bicyclic) bond motifs is 2. The van der Waals surface area contributed by atoms with Crippen molar-refractivity contribution in [2.24, 2.45) is 0 Å². The van der Waals surface area contributed by atoms with Crippen LogP contribution >= 0.6 is 0 Å². The Kier molecular flexibility index (Phi) is 5.13. The molecule has 0 unspecified atom stereocenters. The monoisotopic (exact) mass is 385 g/mol. The molecule has 15 heteroatoms. The predicted molar refractivity (Wildman–Crippen MR) is 84.0 cm³/mol. The molecular formula is C12H15N7O8. The largest absolute Gasteiger partial charge is 0.371 e. The lowest BCUT2D eigenvalue weighted by atomic mass is 10.1. The minimum absolute atomic E-state index is 0.121. The zero-order valence-corrected chi connectivity index (χ0v) is 13.9. The topological polar surface area (TPSA) is 190 Å². The SMILES string of the molecule is CNc1ncnc2c1ncn2[C@H]1CO[C@H]2[C@@H]1OC[C@@H]2O[N+](=O)[O-].O=[N+]([O-])O. The maximum absolute atomic E-state index is 10.5. The molecule has 2 N–H and O–H groups in total. The van der Waals surface area contributed by atoms with E-state index in [1.165, 1.54) is 6.33 Å². The van der Waals surface area contributed by atoms with E-state index >= 15 is 0 Å². The van der Waals surface area contributed by atoms with Gasteiger partial charge >= 0.3 is 0 Å². The summed E-state index contributed by atoms with van der Waals surface area (Å²) in [6, 6.07) is -0.176. The first-order valence-corrected chi connectivity index (χ1v) is 7.65. The molecule has 4 rings (SSSR count). The standard InChI is InChI=1S/C12H14N6O5.HNO3/c1-13-11-8-12(15-4-14-11)17(5-16-8)6-2-21-10-7(23-18(19)20)3-22-9(6)10;2-1(3)4/h4-7,9-10H,2-3H2,1H3,(H,13,14,15);(H,2,3,4)/t6-,7-,9+,10+;/m0./s1. The van der Waals surface area contributed by atoms with E-state index in [1.54, 1.807) is 13.4 Å². The van der Waals surface area contributed by atoms with Gasteiger partial charge in [0.1, 0.15) is 24.1 Å². The zero-order chi connectivity index (χ0) is 19.6. The number of hydrogen-bond acceptors (Lipinski definition) is 11. The van der Waals surface area contributed by atoms with Crippen LogP contribution in [0, 0.1) is 20.2 Å². The summed E-state index contributed by atoms with van der Waals surface area (Å²) >= 11 is 0. The first-order chi connectivity index (χ1) is 12.9. The summed E-state index contributed by atoms with van der Waals surface area (Å²) in [5.41, 5.74) is 1.30. The van der Waals surface area contributed by atoms with Crippen LogP contribution in [0.2, 0.25) is 0 Å². The van der Waals surface area contributed by atoms with Crippen LogP contribution in [0.4, 0.5) is 5.82 Å². The molecule has 146 valence electrons. The van der Waals surface area contributed by atoms with Gasteiger partial charge in [0, 0.05) is 7.05 Å². The molecule has 0 radical (unpaired) electrons. The maximum Gasteiger partial charge on any atom is 0.294 e. The van der Waals surface area contributed by atoms with E-state index in [0.29, 0.717) is 23.6 Å². The minimum Gasteiger partial charge on any atom is -0.371 e. The number of aromatic nitrogens is 4. The van der Waals surface area contributed by atoms with Gasteiger partial charge in [-0.2, -0.15) is 0 Å². The molecular weight excluding hydrogens is 370 g/mol. The third kappa shape index (κ3) is 3.63. The molecule has 0 saturated carbocycles. The van der Waals surface area contributed by atoms with Crippen LogP contribution in [0.5, 0.6) is 0 Å². The summed E-state index contributed by atoms with van der Waals surface area (Å²) in [6.45, 7) is 0.466. The molecule has 0 bridgehead atoms. The van der Waals surface area contributed by atoms with Gasteiger partial charge in [0.25, 0.3) is 10.2 Å². The van der Waals surface area contributed by atoms with Gasteiger partial charge in [-0.1, -0.05) is 0 Å². The fourth-order valence-corrected chi connectivity index (χ4v) is 3.16. The van der Waals surface area contributed by atoms with Crippen LogP contribution in [-0.4, -0.2) is 73.5 Å². The Morgan fingerprint density at radius 3 is 2.63 bits per heavy atom. The lowest BCUT2D eigenvalue weighted by Crippen LogP contribution is -2.33. The van der Waals surface area contributed by atoms with Crippen molar-refractivity contribution >= 4 is 17.0 Å². The molecule has 4 atom stereocenters. The van der Waals surface area contributed by atoms with Crippen LogP contribution in [0.3, 0.4) is 0 Å². The van der Waals surface area contributed by atoms with Crippen LogP contribution in [-0.2, 0) is 14.3 Å². The van der Waals surface area contributed by atoms with Gasteiger partial charge in [-0.25, -0.2) is 15.0 Å². The first-order valence-electron chi connectivity index (χ1n) is 7.65. The Balaban J connectivity index is 0.000000481. The van der Waals surface area contributed by atoms with Crippen molar-refractivity contribution < 1.29 is 29.7 Å². The maximum atomic E-state index is 10.5. The first kappa shape index (κ1) is 18.5. The Labute approximate surface area is 150 Å². The fourth-order valence-electron chi connectivity index (χ4n) is 3.16. The molecule has 2 aromatic heterocycles. The third-order valence-corrected chi connectivity index (χ3v) is 4.16. The summed E-state index contributed by atoms with van der Waals surface area (Å²) in [5, 5.41) is 26.3. The molecule has 2 aliphatic heterocycles. The van der Waals surface area contributed by atoms with Gasteiger partial charge in [-0.05, 0) is 0 Å². The van der Waals surface area contributed by atoms with E-state index in [9.17, 15) is 10.1 Å². The molecule has 4 heterocycles. The molecule has 15 nitrogen and oxygen atoms in total. The van der Waals surface area contributed by atoms with E-state index < -0.39 is 22.4 Å². The highest BCUT2D eigenvalue weighted by Gasteiger charge is 2.50. The highest BCUT2D eigenvalue weighted by molar-refractivity contribution is 5.82. The molecule has 2 fully saturated rings. The van der Waals surface area contributed by atoms with Gasteiger partial charge < -0.3 is 29.4 Å². The van der Waals surface area contributed by atoms with E-state index in [2.05, 4.69) is 25.1 Å². The predicted octanol–water partition coefficient (Wildman–Crippen LogP) is -0.564. The van der Waals surface area contributed by atoms with E-state index in [0.717, 1.165) is 0 Å². The van der Waals surface area contributed by atoms with Gasteiger partial charge in [-0.15, -0.1) is 20.2 Å². The van der Waals surface area contributed by atoms with Gasteiger partial charge in [-0.3, -0.25) is 0 Å². The summed E-state index contributed by atoms with van der Waals surface area (Å²) in [6.07, 6.45) is 1.58. The second-order valence-corrected chi connectivity index (χ2v) is 5.56. The minimum atomic E-state index is -1.50. The van der Waals surface area contributed by atoms with Gasteiger partial charge in [0.05, 0.1) is 25.6 Å². The molecule has 2 saturated heterocycles. The van der Waals surface area contributed by atoms with Crippen molar-refractivity contribution in [3.63, 3.8) is 0 Å². The Hall–Kier alpha value is -3.33. The van der Waals surface area contributed by atoms with Crippen LogP contribution < -0.4 is 5.32 Å². The van der Waals surface area contributed by atoms with Gasteiger partial charge in [0.15, 0.2) is 17.6 Å². The number of rotatable bonds is 4. The Bertz CT molecular complexity index is 840. The van der Waals surface area contributed by atoms with Gasteiger partial charge in [0.2, 0.25) is 0 Å². The highest BCUT2D eigenvalue weighted by atomic mass is 17.0. The van der Waals surface area contributed by atoms with Crippen molar-refractivity contribution in [2.45, 2.75) is 24.4 Å². The molecule has 0 amide bonds. The highest BCUT2D eigenvalue weighted by Crippen LogP contribution is 2.36. The molecule has 27 heavy (non-hydrogen) atoms. The lowest BCUT2D eigenvalue weighted by Gasteiger charge is -2.17. The van der Waals surface area contributed by atoms with Crippen LogP contribution in [0.1, 0.15) is 6.04 Å². The van der Waals surface area contributed by atoms with Crippen LogP contribution in [0.25, 0.3) is 11.2 Å². The summed E-state index contributed by atoms with van der Waals surface area (Å²) in [7, 11) is 1.76. The normalized spacial score (nSPS) is 26.1. The second kappa shape index (κ2) is 7.50. The lowest BCUT2D eigenvalue weighted by molar-refractivity contribution is -0.769. The quantitative estimate of drug-likeness (QED) is 0.504. The molecule has 0 aliphatic carbocycles. The number of hydrogen-bond donors (Lipinski definition) is 2. The zero-order valence-electron chi connectivity index (χ0n) is 13.9. The second-order valence-electron chi connectivity index (χ2n) is 5.56. The van der Waals surface area contributed by atoms with Crippen LogP contribution in [0.15, 0.2) is 12.7 Å². The summed E-state index contributed by atoms with van der Waals surface area (Å²) in [4.78, 5) is 36.3. The summed E-state index contributed by atoms with van der Waals surface area (Å²) < 4.78 is 13.2. The van der Waals surface area contributed by atoms with E-state index in [1.807, 2.05) is 4.57 Å². The van der Waals surface area contributed by atoms with E-state index in [-0.39, 0.29) is 18.8 Å². The number of nitrogens with zero attached hydrogens (tertiary/aromatic N) is 6. The summed E-state index contributed by atoms with van der Waals surface area (Å²) in [5.74, 6) is 0.631. The van der Waals surface area contributed by atoms with Crippen molar-refractivity contribution in [1.82, 2.24) is 19.5 Å². The number of ether oxygens (including phenoxy) is 2. The van der Waals surface area contributed by atoms with Crippen molar-refractivity contribution in [1.29, 1.82) is 0 Å². The number of nitrogens with one attached hydrogen (secondary N) is 1. The Morgan fingerprint density at radius 2 is 1.96 bits per heavy atom. The third-order valence-electron chi connectivity index (χ3n) is 4.16. The Morgan fingerprint density at radius 1 is 1.26 bits per heavy atom. The smallest absolute Gasteiger partial charge is 0.294 e. The molecule has 2 aromatic rings. The van der Waals surface area contributed by atoms with E-state index in [4.69, 9.17) is 24.8 Å². The number of anilines is 1. The molecule has 2 aliphatic rings. The van der Waals surface area contributed by atoms with Crippen molar-refractivity contribution in [3.8, 4) is 0 Å².